The van der Waals surface area contributed by atoms with E-state index in [1.807, 2.05) is 11.4 Å². The van der Waals surface area contributed by atoms with E-state index in [0.717, 1.165) is 5.52 Å². The molecule has 0 saturated carbocycles. The third kappa shape index (κ3) is 2.03. The van der Waals surface area contributed by atoms with Gasteiger partial charge in [0, 0.05) is 5.56 Å². The van der Waals surface area contributed by atoms with E-state index in [0.29, 0.717) is 20.7 Å². The number of nitrogens with zero attached hydrogens (tertiary/aromatic N) is 1. The number of H-pyrrole nitrogens is 1. The first-order valence-electron chi connectivity index (χ1n) is 5.92. The van der Waals surface area contributed by atoms with Crippen molar-refractivity contribution < 1.29 is 4.79 Å². The molecule has 0 saturated heterocycles. The van der Waals surface area contributed by atoms with Gasteiger partial charge in [-0.25, -0.2) is 0 Å². The third-order valence-corrected chi connectivity index (χ3v) is 4.23. The molecule has 3 rings (SSSR count). The molecular formula is C14H10N2O2S2. The van der Waals surface area contributed by atoms with E-state index in [4.69, 9.17) is 12.2 Å². The molecule has 2 heterocycles. The maximum Gasteiger partial charge on any atom is 0.276 e. The summed E-state index contributed by atoms with van der Waals surface area (Å²) >= 11 is 6.62. The first-order valence-corrected chi connectivity index (χ1v) is 7.20. The summed E-state index contributed by atoms with van der Waals surface area (Å²) in [7, 11) is 0. The maximum atomic E-state index is 12.4. The van der Waals surface area contributed by atoms with Crippen LogP contribution in [-0.4, -0.2) is 15.3 Å². The van der Waals surface area contributed by atoms with E-state index in [1.54, 1.807) is 24.3 Å². The molecule has 1 N–H and O–H groups in total. The molecule has 4 nitrogen and oxygen atoms in total. The molecule has 0 aliphatic rings. The number of rotatable bonds is 2. The number of carbonyl (C=O) groups is 1. The lowest BCUT2D eigenvalue weighted by atomic mass is 10.1. The van der Waals surface area contributed by atoms with Gasteiger partial charge >= 0.3 is 0 Å². The van der Waals surface area contributed by atoms with E-state index in [2.05, 4.69) is 4.98 Å². The van der Waals surface area contributed by atoms with Crippen LogP contribution in [0.15, 0.2) is 40.5 Å². The Morgan fingerprint density at radius 3 is 2.60 bits per heavy atom. The number of hydrogen-bond acceptors (Lipinski definition) is 4. The van der Waals surface area contributed by atoms with Gasteiger partial charge in [0.2, 0.25) is 0 Å². The van der Waals surface area contributed by atoms with Gasteiger partial charge in [0.05, 0.1) is 11.2 Å². The summed E-state index contributed by atoms with van der Waals surface area (Å²) in [4.78, 5) is 26.8. The molecule has 2 aromatic heterocycles. The fraction of sp³-hybridized carbons (Fsp3) is 0.0714. The number of aromatic nitrogens is 2. The second-order valence-electron chi connectivity index (χ2n) is 4.34. The average molecular weight is 302 g/mol. The summed E-state index contributed by atoms with van der Waals surface area (Å²) in [6.07, 6.45) is 0. The highest BCUT2D eigenvalue weighted by atomic mass is 32.1. The van der Waals surface area contributed by atoms with Crippen LogP contribution in [0.25, 0.3) is 15.9 Å². The summed E-state index contributed by atoms with van der Waals surface area (Å²) < 4.78 is 2.42. The minimum absolute atomic E-state index is 0.0113. The Balaban J connectivity index is 2.26. The van der Waals surface area contributed by atoms with Gasteiger partial charge < -0.3 is 4.98 Å². The molecule has 0 amide bonds. The van der Waals surface area contributed by atoms with Gasteiger partial charge in [-0.2, -0.15) is 0 Å². The lowest BCUT2D eigenvalue weighted by molar-refractivity contribution is 0.101. The molecule has 6 heteroatoms. The van der Waals surface area contributed by atoms with Gasteiger partial charge in [0.15, 0.2) is 10.6 Å². The van der Waals surface area contributed by atoms with Crippen LogP contribution in [0, 0.1) is 4.77 Å². The van der Waals surface area contributed by atoms with E-state index in [1.165, 1.54) is 22.8 Å². The predicted octanol–water partition coefficient (Wildman–Crippen LogP) is 3.31. The van der Waals surface area contributed by atoms with Crippen molar-refractivity contribution in [2.75, 3.05) is 0 Å². The second kappa shape index (κ2) is 4.81. The van der Waals surface area contributed by atoms with Crippen molar-refractivity contribution in [3.05, 3.63) is 56.4 Å². The van der Waals surface area contributed by atoms with Crippen molar-refractivity contribution >= 4 is 39.6 Å². The van der Waals surface area contributed by atoms with Crippen molar-refractivity contribution in [2.45, 2.75) is 6.92 Å². The molecule has 0 atom stereocenters. The van der Waals surface area contributed by atoms with Crippen LogP contribution in [0.1, 0.15) is 17.3 Å². The van der Waals surface area contributed by atoms with Crippen LogP contribution in [0.5, 0.6) is 0 Å². The van der Waals surface area contributed by atoms with Crippen molar-refractivity contribution in [2.24, 2.45) is 0 Å². The van der Waals surface area contributed by atoms with E-state index in [9.17, 15) is 9.59 Å². The normalized spacial score (nSPS) is 10.8. The Labute approximate surface area is 123 Å². The summed E-state index contributed by atoms with van der Waals surface area (Å²) in [6.45, 7) is 1.51. The van der Waals surface area contributed by atoms with Crippen LogP contribution in [0.2, 0.25) is 0 Å². The quantitative estimate of drug-likeness (QED) is 0.583. The predicted molar refractivity (Wildman–Crippen MR) is 82.6 cm³/mol. The first kappa shape index (κ1) is 13.0. The van der Waals surface area contributed by atoms with Crippen LogP contribution in [-0.2, 0) is 0 Å². The molecule has 0 bridgehead atoms. The molecule has 0 unspecified atom stereocenters. The number of benzene rings is 1. The minimum Gasteiger partial charge on any atom is -0.331 e. The Morgan fingerprint density at radius 1 is 1.25 bits per heavy atom. The number of nitrogens with one attached hydrogen (secondary N) is 1. The van der Waals surface area contributed by atoms with Crippen molar-refractivity contribution in [3.63, 3.8) is 0 Å². The highest BCUT2D eigenvalue weighted by Gasteiger charge is 2.09. The Hall–Kier alpha value is -2.05. The molecule has 100 valence electrons. The van der Waals surface area contributed by atoms with Crippen molar-refractivity contribution in [1.82, 2.24) is 9.55 Å². The number of Topliss-reactive ketones (excluding diaryl/α,β-unsaturated/α-hetero) is 1. The lowest BCUT2D eigenvalue weighted by Crippen LogP contribution is -2.19. The van der Waals surface area contributed by atoms with Crippen LogP contribution >= 0.6 is 23.6 Å². The topological polar surface area (TPSA) is 54.9 Å². The first-order chi connectivity index (χ1) is 9.58. The molecule has 0 aliphatic heterocycles. The monoisotopic (exact) mass is 302 g/mol. The molecule has 1 aromatic carbocycles. The summed E-state index contributed by atoms with van der Waals surface area (Å²) in [5, 5.41) is 1.85. The fourth-order valence-corrected chi connectivity index (χ4v) is 3.09. The number of hydrogen-bond donors (Lipinski definition) is 1. The lowest BCUT2D eigenvalue weighted by Gasteiger charge is -2.06. The van der Waals surface area contributed by atoms with Gasteiger partial charge in [-0.3, -0.25) is 14.2 Å². The number of thiophene rings is 1. The molecule has 3 aromatic rings. The molecule has 0 spiro atoms. The minimum atomic E-state index is -0.144. The smallest absolute Gasteiger partial charge is 0.276 e. The Morgan fingerprint density at radius 2 is 1.95 bits per heavy atom. The van der Waals surface area contributed by atoms with Gasteiger partial charge in [-0.05, 0) is 54.9 Å². The summed E-state index contributed by atoms with van der Waals surface area (Å²) in [5.74, 6) is -0.0113. The van der Waals surface area contributed by atoms with Gasteiger partial charge in [-0.1, -0.05) is 0 Å². The fourth-order valence-electron chi connectivity index (χ4n) is 2.02. The molecule has 20 heavy (non-hydrogen) atoms. The third-order valence-electron chi connectivity index (χ3n) is 3.04. The summed E-state index contributed by atoms with van der Waals surface area (Å²) in [6, 6.07) is 8.66. The highest BCUT2D eigenvalue weighted by Crippen LogP contribution is 2.16. The van der Waals surface area contributed by atoms with Crippen LogP contribution < -0.4 is 5.56 Å². The molecular weight excluding hydrogens is 292 g/mol. The Kier molecular flexibility index (Phi) is 3.11. The van der Waals surface area contributed by atoms with Gasteiger partial charge in [-0.15, -0.1) is 11.3 Å². The number of ketones is 1. The Bertz CT molecular complexity index is 917. The maximum absolute atomic E-state index is 12.4. The SMILES string of the molecule is CC(=O)c1ccc(-n2c(=S)[nH]c3ccsc3c2=O)cc1. The highest BCUT2D eigenvalue weighted by molar-refractivity contribution is 7.71. The average Bonchev–Trinajstić information content (AvgIpc) is 2.87. The molecule has 0 aliphatic carbocycles. The zero-order valence-electron chi connectivity index (χ0n) is 10.5. The second-order valence-corrected chi connectivity index (χ2v) is 5.64. The number of aromatic amines is 1. The standard InChI is InChI=1S/C14H10N2O2S2/c1-8(17)9-2-4-10(5-3-9)16-13(18)12-11(6-7-20-12)15-14(16)19/h2-7H,1H3,(H,15,19). The van der Waals surface area contributed by atoms with E-state index < -0.39 is 0 Å². The number of fused-ring (bicyclic) bond motifs is 1. The van der Waals surface area contributed by atoms with Gasteiger partial charge in [0.1, 0.15) is 4.70 Å². The van der Waals surface area contributed by atoms with Gasteiger partial charge in [0.25, 0.3) is 5.56 Å². The molecule has 0 fully saturated rings. The zero-order chi connectivity index (χ0) is 14.3. The van der Waals surface area contributed by atoms with E-state index in [-0.39, 0.29) is 11.3 Å². The summed E-state index contributed by atoms with van der Waals surface area (Å²) in [5.41, 5.74) is 1.86. The zero-order valence-corrected chi connectivity index (χ0v) is 12.2. The largest absolute Gasteiger partial charge is 0.331 e. The van der Waals surface area contributed by atoms with Crippen LogP contribution in [0.4, 0.5) is 0 Å². The molecule has 0 radical (unpaired) electrons. The van der Waals surface area contributed by atoms with Crippen LogP contribution in [0.3, 0.4) is 0 Å². The van der Waals surface area contributed by atoms with Crippen molar-refractivity contribution in [3.8, 4) is 5.69 Å². The van der Waals surface area contributed by atoms with E-state index >= 15 is 0 Å². The number of carbonyl (C=O) groups excluding carboxylic acids is 1. The van der Waals surface area contributed by atoms with Crippen molar-refractivity contribution in [1.29, 1.82) is 0 Å².